The highest BCUT2D eigenvalue weighted by Crippen LogP contribution is 2.36. The summed E-state index contributed by atoms with van der Waals surface area (Å²) in [6.45, 7) is 0.192. The van der Waals surface area contributed by atoms with Crippen molar-refractivity contribution in [3.8, 4) is 0 Å². The lowest BCUT2D eigenvalue weighted by molar-refractivity contribution is -0.139. The maximum absolute atomic E-state index is 13.3. The monoisotopic (exact) mass is 461 g/mol. The molecule has 1 aromatic carbocycles. The summed E-state index contributed by atoms with van der Waals surface area (Å²) in [7, 11) is -4.34. The van der Waals surface area contributed by atoms with Crippen molar-refractivity contribution in [2.24, 2.45) is 0 Å². The molecule has 31 heavy (non-hydrogen) atoms. The van der Waals surface area contributed by atoms with Gasteiger partial charge < -0.3 is 10.6 Å². The van der Waals surface area contributed by atoms with Gasteiger partial charge in [0.15, 0.2) is 0 Å². The Hall–Kier alpha value is -1.81. The van der Waals surface area contributed by atoms with Crippen LogP contribution < -0.4 is 10.6 Å². The molecule has 10 heteroatoms. The lowest BCUT2D eigenvalue weighted by Crippen LogP contribution is -2.48. The topological polar surface area (TPSA) is 78.5 Å². The average Bonchev–Trinajstić information content (AvgIpc) is 3.17. The number of hydrogen-bond acceptors (Lipinski definition) is 3. The summed E-state index contributed by atoms with van der Waals surface area (Å²) in [6.07, 6.45) is 3.77. The fraction of sp³-hybridized carbons (Fsp3) is 0.667. The highest BCUT2D eigenvalue weighted by Gasteiger charge is 2.42. The van der Waals surface area contributed by atoms with Gasteiger partial charge in [0.05, 0.1) is 10.5 Å². The molecule has 1 heterocycles. The van der Waals surface area contributed by atoms with Crippen molar-refractivity contribution < 1.29 is 26.4 Å². The standard InChI is InChI=1S/C21H30F3N3O3S/c22-21(23,24)18-12-6-7-13-19(18)31(29,30)27-14-8-11-17(27)15-25-20(28)26-16-9-4-2-1-3-5-10-16/h6-7,12-13,16-17H,1-5,8-11,14-15H2,(H2,25,26,28). The Morgan fingerprint density at radius 3 is 2.32 bits per heavy atom. The zero-order valence-electron chi connectivity index (χ0n) is 17.5. The predicted molar refractivity (Wildman–Crippen MR) is 111 cm³/mol. The smallest absolute Gasteiger partial charge is 0.337 e. The molecule has 3 rings (SSSR count). The van der Waals surface area contributed by atoms with Gasteiger partial charge in [0.2, 0.25) is 10.0 Å². The van der Waals surface area contributed by atoms with Crippen LogP contribution in [0.15, 0.2) is 29.2 Å². The summed E-state index contributed by atoms with van der Waals surface area (Å²) in [6, 6.07) is 3.39. The fourth-order valence-electron chi connectivity index (χ4n) is 4.43. The molecule has 1 atom stereocenters. The van der Waals surface area contributed by atoms with E-state index in [0.717, 1.165) is 55.0 Å². The van der Waals surface area contributed by atoms with E-state index in [0.29, 0.717) is 12.8 Å². The minimum atomic E-state index is -4.77. The van der Waals surface area contributed by atoms with E-state index in [9.17, 15) is 26.4 Å². The molecular weight excluding hydrogens is 431 g/mol. The highest BCUT2D eigenvalue weighted by atomic mass is 32.2. The first-order valence-corrected chi connectivity index (χ1v) is 12.4. The van der Waals surface area contributed by atoms with Crippen molar-refractivity contribution in [3.63, 3.8) is 0 Å². The third kappa shape index (κ3) is 6.12. The Balaban J connectivity index is 1.64. The number of urea groups is 1. The third-order valence-corrected chi connectivity index (χ3v) is 8.05. The van der Waals surface area contributed by atoms with Crippen molar-refractivity contribution in [2.75, 3.05) is 13.1 Å². The van der Waals surface area contributed by atoms with Crippen molar-refractivity contribution in [3.05, 3.63) is 29.8 Å². The molecule has 1 saturated carbocycles. The van der Waals surface area contributed by atoms with Gasteiger partial charge in [0, 0.05) is 25.2 Å². The molecule has 1 aliphatic carbocycles. The van der Waals surface area contributed by atoms with E-state index in [-0.39, 0.29) is 25.2 Å². The summed E-state index contributed by atoms with van der Waals surface area (Å²) < 4.78 is 67.2. The van der Waals surface area contributed by atoms with Gasteiger partial charge in [0.25, 0.3) is 0 Å². The van der Waals surface area contributed by atoms with Crippen LogP contribution in [-0.4, -0.2) is 43.9 Å². The van der Waals surface area contributed by atoms with Crippen LogP contribution in [0.1, 0.15) is 63.4 Å². The molecule has 0 radical (unpaired) electrons. The van der Waals surface area contributed by atoms with Gasteiger partial charge in [-0.25, -0.2) is 13.2 Å². The van der Waals surface area contributed by atoms with Gasteiger partial charge >= 0.3 is 12.2 Å². The molecule has 2 N–H and O–H groups in total. The third-order valence-electron chi connectivity index (χ3n) is 6.04. The second kappa shape index (κ2) is 10.2. The lowest BCUT2D eigenvalue weighted by Gasteiger charge is -2.26. The van der Waals surface area contributed by atoms with E-state index in [1.54, 1.807) is 0 Å². The molecule has 0 aromatic heterocycles. The Kier molecular flexibility index (Phi) is 7.85. The molecule has 1 aromatic rings. The Morgan fingerprint density at radius 2 is 1.65 bits per heavy atom. The molecule has 1 aliphatic heterocycles. The molecule has 1 unspecified atom stereocenters. The predicted octanol–water partition coefficient (Wildman–Crippen LogP) is 4.27. The van der Waals surface area contributed by atoms with Gasteiger partial charge in [-0.2, -0.15) is 17.5 Å². The molecule has 2 aliphatic rings. The minimum absolute atomic E-state index is 0.0615. The molecule has 0 spiro atoms. The molecular formula is C21H30F3N3O3S. The number of carbonyl (C=O) groups is 1. The van der Waals surface area contributed by atoms with Gasteiger partial charge in [-0.3, -0.25) is 0 Å². The summed E-state index contributed by atoms with van der Waals surface area (Å²) in [5.41, 5.74) is -1.17. The van der Waals surface area contributed by atoms with Crippen LogP contribution in [0.3, 0.4) is 0 Å². The van der Waals surface area contributed by atoms with Crippen molar-refractivity contribution in [1.82, 2.24) is 14.9 Å². The van der Waals surface area contributed by atoms with Crippen LogP contribution in [0.4, 0.5) is 18.0 Å². The average molecular weight is 462 g/mol. The molecule has 2 amide bonds. The molecule has 174 valence electrons. The number of halogens is 3. The molecule has 2 fully saturated rings. The normalized spacial score (nSPS) is 22.0. The quantitative estimate of drug-likeness (QED) is 0.687. The van der Waals surface area contributed by atoms with E-state index in [2.05, 4.69) is 10.6 Å². The van der Waals surface area contributed by atoms with E-state index in [1.807, 2.05) is 0 Å². The second-order valence-electron chi connectivity index (χ2n) is 8.30. The number of benzene rings is 1. The Bertz CT molecular complexity index is 853. The van der Waals surface area contributed by atoms with Gasteiger partial charge in [-0.15, -0.1) is 0 Å². The summed E-state index contributed by atoms with van der Waals surface area (Å²) in [4.78, 5) is 11.6. The van der Waals surface area contributed by atoms with Crippen LogP contribution in [0.5, 0.6) is 0 Å². The fourth-order valence-corrected chi connectivity index (χ4v) is 6.34. The highest BCUT2D eigenvalue weighted by molar-refractivity contribution is 7.89. The Labute approximate surface area is 181 Å². The number of sulfonamides is 1. The van der Waals surface area contributed by atoms with Crippen LogP contribution >= 0.6 is 0 Å². The van der Waals surface area contributed by atoms with Gasteiger partial charge in [-0.05, 0) is 37.8 Å². The van der Waals surface area contributed by atoms with Gasteiger partial charge in [-0.1, -0.05) is 44.2 Å². The van der Waals surface area contributed by atoms with E-state index < -0.39 is 32.7 Å². The number of rotatable bonds is 5. The molecule has 1 saturated heterocycles. The maximum Gasteiger partial charge on any atom is 0.417 e. The van der Waals surface area contributed by atoms with Crippen LogP contribution in [0.2, 0.25) is 0 Å². The second-order valence-corrected chi connectivity index (χ2v) is 10.2. The van der Waals surface area contributed by atoms with Crippen molar-refractivity contribution in [2.45, 2.75) is 80.9 Å². The maximum atomic E-state index is 13.3. The summed E-state index contributed by atoms with van der Waals surface area (Å²) in [5, 5.41) is 5.69. The zero-order chi connectivity index (χ0) is 22.5. The summed E-state index contributed by atoms with van der Waals surface area (Å²) >= 11 is 0. The number of hydrogen-bond donors (Lipinski definition) is 2. The molecule has 0 bridgehead atoms. The van der Waals surface area contributed by atoms with Crippen molar-refractivity contribution in [1.29, 1.82) is 0 Å². The first kappa shape index (κ1) is 23.8. The first-order valence-electron chi connectivity index (χ1n) is 10.9. The zero-order valence-corrected chi connectivity index (χ0v) is 18.3. The number of amides is 2. The lowest BCUT2D eigenvalue weighted by atomic mass is 9.97. The summed E-state index contributed by atoms with van der Waals surface area (Å²) in [5.74, 6) is 0. The van der Waals surface area contributed by atoms with E-state index >= 15 is 0 Å². The SMILES string of the molecule is O=C(NCC1CCCN1S(=O)(=O)c1ccccc1C(F)(F)F)NC1CCCCCCC1. The van der Waals surface area contributed by atoms with Crippen LogP contribution in [0, 0.1) is 0 Å². The number of carbonyl (C=O) groups excluding carboxylic acids is 1. The number of alkyl halides is 3. The largest absolute Gasteiger partial charge is 0.417 e. The van der Waals surface area contributed by atoms with Crippen LogP contribution in [0.25, 0.3) is 0 Å². The molecule has 6 nitrogen and oxygen atoms in total. The number of nitrogens with zero attached hydrogens (tertiary/aromatic N) is 1. The minimum Gasteiger partial charge on any atom is -0.337 e. The Morgan fingerprint density at radius 1 is 1.00 bits per heavy atom. The van der Waals surface area contributed by atoms with Crippen LogP contribution in [-0.2, 0) is 16.2 Å². The van der Waals surface area contributed by atoms with E-state index in [4.69, 9.17) is 0 Å². The first-order chi connectivity index (χ1) is 14.7. The number of nitrogens with one attached hydrogen (secondary N) is 2. The van der Waals surface area contributed by atoms with Gasteiger partial charge in [0.1, 0.15) is 0 Å². The van der Waals surface area contributed by atoms with E-state index in [1.165, 1.54) is 18.6 Å². The van der Waals surface area contributed by atoms with Crippen molar-refractivity contribution >= 4 is 16.1 Å².